The fourth-order valence-corrected chi connectivity index (χ4v) is 3.07. The number of thioether (sulfide) groups is 1. The van der Waals surface area contributed by atoms with E-state index in [4.69, 9.17) is 11.1 Å². The SMILES string of the molecule is CSc1cccc(N(C)CC2CCC2)c1C(=N)N. The van der Waals surface area contributed by atoms with Crippen molar-refractivity contribution in [3.8, 4) is 0 Å². The molecule has 3 nitrogen and oxygen atoms in total. The van der Waals surface area contributed by atoms with E-state index in [9.17, 15) is 0 Å². The van der Waals surface area contributed by atoms with Gasteiger partial charge in [-0.05, 0) is 37.1 Å². The van der Waals surface area contributed by atoms with E-state index in [2.05, 4.69) is 18.0 Å². The largest absolute Gasteiger partial charge is 0.384 e. The Balaban J connectivity index is 2.27. The fourth-order valence-electron chi connectivity index (χ4n) is 2.44. The van der Waals surface area contributed by atoms with E-state index in [0.29, 0.717) is 0 Å². The minimum Gasteiger partial charge on any atom is -0.384 e. The topological polar surface area (TPSA) is 53.1 Å². The first-order valence-corrected chi connectivity index (χ1v) is 7.58. The van der Waals surface area contributed by atoms with Gasteiger partial charge < -0.3 is 10.6 Å². The summed E-state index contributed by atoms with van der Waals surface area (Å²) in [4.78, 5) is 3.33. The van der Waals surface area contributed by atoms with E-state index in [1.807, 2.05) is 18.4 Å². The van der Waals surface area contributed by atoms with E-state index in [1.54, 1.807) is 11.8 Å². The third-order valence-electron chi connectivity index (χ3n) is 3.66. The molecule has 0 aromatic heterocycles. The molecule has 1 fully saturated rings. The van der Waals surface area contributed by atoms with Crippen LogP contribution >= 0.6 is 11.8 Å². The van der Waals surface area contributed by atoms with Crippen molar-refractivity contribution in [2.45, 2.75) is 24.2 Å². The van der Waals surface area contributed by atoms with Crippen LogP contribution < -0.4 is 10.6 Å². The van der Waals surface area contributed by atoms with Crippen LogP contribution in [0.4, 0.5) is 5.69 Å². The number of nitrogens with one attached hydrogen (secondary N) is 1. The lowest BCUT2D eigenvalue weighted by atomic mass is 9.85. The van der Waals surface area contributed by atoms with Gasteiger partial charge in [-0.15, -0.1) is 11.8 Å². The summed E-state index contributed by atoms with van der Waals surface area (Å²) in [7, 11) is 2.10. The van der Waals surface area contributed by atoms with E-state index in [0.717, 1.165) is 28.6 Å². The average Bonchev–Trinajstić information content (AvgIpc) is 2.32. The number of hydrogen-bond acceptors (Lipinski definition) is 3. The first kappa shape index (κ1) is 13.3. The van der Waals surface area contributed by atoms with Crippen LogP contribution in [0.25, 0.3) is 0 Å². The van der Waals surface area contributed by atoms with Crippen LogP contribution in [0.15, 0.2) is 23.1 Å². The number of amidine groups is 1. The molecule has 1 aliphatic carbocycles. The van der Waals surface area contributed by atoms with Crippen LogP contribution in [-0.2, 0) is 0 Å². The molecule has 0 heterocycles. The number of rotatable bonds is 5. The van der Waals surface area contributed by atoms with Crippen molar-refractivity contribution in [1.29, 1.82) is 5.41 Å². The maximum absolute atomic E-state index is 7.79. The Hall–Kier alpha value is -1.16. The molecule has 0 bridgehead atoms. The van der Waals surface area contributed by atoms with Crippen LogP contribution in [-0.4, -0.2) is 25.7 Å². The zero-order chi connectivity index (χ0) is 13.1. The van der Waals surface area contributed by atoms with E-state index in [1.165, 1.54) is 19.3 Å². The molecule has 0 atom stereocenters. The standard InChI is InChI=1S/C14H21N3S/c1-17(9-10-5-3-6-10)11-7-4-8-12(18-2)13(11)14(15)16/h4,7-8,10H,3,5-6,9H2,1-2H3,(H3,15,16). The van der Waals surface area contributed by atoms with Gasteiger partial charge in [0.15, 0.2) is 0 Å². The third kappa shape index (κ3) is 2.64. The second kappa shape index (κ2) is 5.65. The number of nitrogen functional groups attached to an aromatic ring is 1. The van der Waals surface area contributed by atoms with Crippen molar-refractivity contribution in [3.63, 3.8) is 0 Å². The summed E-state index contributed by atoms with van der Waals surface area (Å²) in [5.41, 5.74) is 7.72. The molecular formula is C14H21N3S. The Morgan fingerprint density at radius 2 is 2.22 bits per heavy atom. The molecule has 0 spiro atoms. The lowest BCUT2D eigenvalue weighted by Crippen LogP contribution is -2.31. The summed E-state index contributed by atoms with van der Waals surface area (Å²) in [5, 5.41) is 7.79. The monoisotopic (exact) mass is 263 g/mol. The van der Waals surface area contributed by atoms with E-state index in [-0.39, 0.29) is 5.84 Å². The molecule has 1 aliphatic rings. The van der Waals surface area contributed by atoms with Gasteiger partial charge in [0, 0.05) is 24.2 Å². The Morgan fingerprint density at radius 1 is 1.50 bits per heavy atom. The Labute approximate surface area is 113 Å². The van der Waals surface area contributed by atoms with Crippen LogP contribution in [0.5, 0.6) is 0 Å². The Bertz CT molecular complexity index is 441. The van der Waals surface area contributed by atoms with Gasteiger partial charge in [0.25, 0.3) is 0 Å². The normalized spacial score (nSPS) is 15.2. The lowest BCUT2D eigenvalue weighted by Gasteiger charge is -2.32. The van der Waals surface area contributed by atoms with Gasteiger partial charge in [-0.1, -0.05) is 12.5 Å². The van der Waals surface area contributed by atoms with Crippen LogP contribution in [0.2, 0.25) is 0 Å². The number of nitrogens with zero attached hydrogens (tertiary/aromatic N) is 1. The summed E-state index contributed by atoms with van der Waals surface area (Å²) in [6, 6.07) is 6.14. The zero-order valence-electron chi connectivity index (χ0n) is 11.1. The maximum atomic E-state index is 7.79. The zero-order valence-corrected chi connectivity index (χ0v) is 11.9. The number of nitrogens with two attached hydrogens (primary N) is 1. The van der Waals surface area contributed by atoms with Crippen LogP contribution in [0.3, 0.4) is 0 Å². The highest BCUT2D eigenvalue weighted by Crippen LogP contribution is 2.32. The molecule has 1 aromatic rings. The number of hydrogen-bond donors (Lipinski definition) is 2. The van der Waals surface area contributed by atoms with Gasteiger partial charge in [-0.25, -0.2) is 0 Å². The molecule has 2 rings (SSSR count). The van der Waals surface area contributed by atoms with Gasteiger partial charge >= 0.3 is 0 Å². The minimum absolute atomic E-state index is 0.162. The molecule has 0 amide bonds. The number of anilines is 1. The van der Waals surface area contributed by atoms with Crippen molar-refractivity contribution in [2.24, 2.45) is 11.7 Å². The molecule has 1 aromatic carbocycles. The third-order valence-corrected chi connectivity index (χ3v) is 4.44. The lowest BCUT2D eigenvalue weighted by molar-refractivity contribution is 0.321. The quantitative estimate of drug-likeness (QED) is 0.488. The first-order chi connectivity index (χ1) is 8.63. The molecule has 4 heteroatoms. The van der Waals surface area contributed by atoms with Crippen molar-refractivity contribution in [3.05, 3.63) is 23.8 Å². The summed E-state index contributed by atoms with van der Waals surface area (Å²) < 4.78 is 0. The summed E-state index contributed by atoms with van der Waals surface area (Å²) in [6.07, 6.45) is 6.06. The second-order valence-electron chi connectivity index (χ2n) is 4.95. The molecule has 1 saturated carbocycles. The van der Waals surface area contributed by atoms with Crippen molar-refractivity contribution in [2.75, 3.05) is 24.7 Å². The van der Waals surface area contributed by atoms with Crippen molar-refractivity contribution >= 4 is 23.3 Å². The summed E-state index contributed by atoms with van der Waals surface area (Å²) >= 11 is 1.65. The van der Waals surface area contributed by atoms with Crippen LogP contribution in [0, 0.1) is 11.3 Å². The van der Waals surface area contributed by atoms with Crippen molar-refractivity contribution < 1.29 is 0 Å². The van der Waals surface area contributed by atoms with Gasteiger partial charge in [-0.3, -0.25) is 5.41 Å². The Kier molecular flexibility index (Phi) is 4.17. The maximum Gasteiger partial charge on any atom is 0.126 e. The fraction of sp³-hybridized carbons (Fsp3) is 0.500. The highest BCUT2D eigenvalue weighted by Gasteiger charge is 2.21. The Morgan fingerprint density at radius 3 is 2.72 bits per heavy atom. The second-order valence-corrected chi connectivity index (χ2v) is 5.79. The van der Waals surface area contributed by atoms with Crippen LogP contribution in [0.1, 0.15) is 24.8 Å². The molecule has 0 radical (unpaired) electrons. The molecule has 0 saturated heterocycles. The van der Waals surface area contributed by atoms with Gasteiger partial charge in [0.1, 0.15) is 5.84 Å². The molecule has 18 heavy (non-hydrogen) atoms. The highest BCUT2D eigenvalue weighted by atomic mass is 32.2. The molecule has 98 valence electrons. The summed E-state index contributed by atoms with van der Waals surface area (Å²) in [6.45, 7) is 1.07. The van der Waals surface area contributed by atoms with E-state index >= 15 is 0 Å². The highest BCUT2D eigenvalue weighted by molar-refractivity contribution is 7.98. The summed E-state index contributed by atoms with van der Waals surface area (Å²) in [5.74, 6) is 0.975. The van der Waals surface area contributed by atoms with Gasteiger partial charge in [0.2, 0.25) is 0 Å². The molecule has 0 unspecified atom stereocenters. The van der Waals surface area contributed by atoms with E-state index < -0.39 is 0 Å². The van der Waals surface area contributed by atoms with Crippen molar-refractivity contribution in [1.82, 2.24) is 0 Å². The minimum atomic E-state index is 0.162. The average molecular weight is 263 g/mol. The molecule has 0 aliphatic heterocycles. The van der Waals surface area contributed by atoms with Gasteiger partial charge in [0.05, 0.1) is 5.56 Å². The predicted octanol–water partition coefficient (Wildman–Crippen LogP) is 2.93. The molecular weight excluding hydrogens is 242 g/mol. The smallest absolute Gasteiger partial charge is 0.126 e. The predicted molar refractivity (Wildman–Crippen MR) is 79.9 cm³/mol. The first-order valence-electron chi connectivity index (χ1n) is 6.36. The number of benzene rings is 1. The van der Waals surface area contributed by atoms with Gasteiger partial charge in [-0.2, -0.15) is 0 Å². The molecule has 3 N–H and O–H groups in total.